The van der Waals surface area contributed by atoms with Gasteiger partial charge in [-0.2, -0.15) is 5.21 Å². The van der Waals surface area contributed by atoms with Gasteiger partial charge in [-0.3, -0.25) is 19.5 Å². The molecule has 0 unspecified atom stereocenters. The number of tetrazole rings is 1. The summed E-state index contributed by atoms with van der Waals surface area (Å²) in [6.07, 6.45) is 7.17. The first-order valence-corrected chi connectivity index (χ1v) is 13.6. The van der Waals surface area contributed by atoms with Crippen LogP contribution in [0.25, 0.3) is 22.5 Å². The molecule has 0 bridgehead atoms. The van der Waals surface area contributed by atoms with Crippen molar-refractivity contribution in [3.63, 3.8) is 0 Å². The molecule has 0 saturated heterocycles. The Hall–Kier alpha value is -4.44. The van der Waals surface area contributed by atoms with Crippen molar-refractivity contribution in [1.29, 1.82) is 0 Å². The molecule has 40 heavy (non-hydrogen) atoms. The van der Waals surface area contributed by atoms with Crippen molar-refractivity contribution in [3.8, 4) is 22.5 Å². The Morgan fingerprint density at radius 1 is 1.00 bits per heavy atom. The molecule has 206 valence electrons. The molecule has 10 nitrogen and oxygen atoms in total. The number of aromatic nitrogens is 5. The quantitative estimate of drug-likeness (QED) is 0.295. The van der Waals surface area contributed by atoms with Crippen LogP contribution >= 0.6 is 0 Å². The molecule has 4 aromatic rings. The number of H-pyrrole nitrogens is 1. The van der Waals surface area contributed by atoms with Crippen LogP contribution < -0.4 is 16.4 Å². The standard InChI is InChI=1S/C30H34N8O2/c1-19-14-15-33-18-26(19)22-6-2-20(3-7-22)16-27(28(32)39)38(30(40)24-8-4-21(17-31)5-9-24)25-12-10-23(11-13-25)29-34-36-37-35-29/h2-3,6-7,10-15,18,21,24,27H,4-5,8-9,16-17,31H2,1H3,(H2,32,39)(H,34,35,36,37)/t21?,24?,27-/m0/s1. The van der Waals surface area contributed by atoms with Crippen LogP contribution in [-0.4, -0.2) is 50.0 Å². The van der Waals surface area contributed by atoms with E-state index in [0.29, 0.717) is 24.0 Å². The topological polar surface area (TPSA) is 157 Å². The molecular weight excluding hydrogens is 504 g/mol. The molecule has 2 amide bonds. The van der Waals surface area contributed by atoms with Crippen LogP contribution in [-0.2, 0) is 16.0 Å². The van der Waals surface area contributed by atoms with E-state index in [-0.39, 0.29) is 18.2 Å². The molecule has 0 radical (unpaired) electrons. The van der Waals surface area contributed by atoms with Crippen LogP contribution in [0.3, 0.4) is 0 Å². The minimum atomic E-state index is -0.860. The van der Waals surface area contributed by atoms with E-state index in [4.69, 9.17) is 11.5 Å². The van der Waals surface area contributed by atoms with Crippen molar-refractivity contribution >= 4 is 17.5 Å². The van der Waals surface area contributed by atoms with E-state index < -0.39 is 11.9 Å². The lowest BCUT2D eigenvalue weighted by atomic mass is 9.81. The average molecular weight is 539 g/mol. The summed E-state index contributed by atoms with van der Waals surface area (Å²) in [6.45, 7) is 2.67. The Labute approximate surface area is 233 Å². The molecule has 1 atom stereocenters. The van der Waals surface area contributed by atoms with Gasteiger partial charge in [-0.1, -0.05) is 24.3 Å². The number of hydrogen-bond donors (Lipinski definition) is 3. The van der Waals surface area contributed by atoms with E-state index in [1.54, 1.807) is 23.2 Å². The van der Waals surface area contributed by atoms with Gasteiger partial charge in [0.15, 0.2) is 0 Å². The van der Waals surface area contributed by atoms with Crippen LogP contribution in [0.2, 0.25) is 0 Å². The number of nitrogens with zero attached hydrogens (tertiary/aromatic N) is 5. The van der Waals surface area contributed by atoms with Gasteiger partial charge in [0, 0.05) is 41.5 Å². The van der Waals surface area contributed by atoms with Crippen LogP contribution in [0.4, 0.5) is 5.69 Å². The molecule has 2 aromatic heterocycles. The summed E-state index contributed by atoms with van der Waals surface area (Å²) in [5.41, 5.74) is 17.3. The number of pyridine rings is 1. The summed E-state index contributed by atoms with van der Waals surface area (Å²) in [5.74, 6) is 0.0330. The lowest BCUT2D eigenvalue weighted by molar-refractivity contribution is -0.127. The molecule has 0 aliphatic heterocycles. The van der Waals surface area contributed by atoms with Gasteiger partial charge < -0.3 is 11.5 Å². The van der Waals surface area contributed by atoms with Crippen molar-refractivity contribution in [1.82, 2.24) is 25.6 Å². The van der Waals surface area contributed by atoms with E-state index in [2.05, 4.69) is 25.6 Å². The maximum atomic E-state index is 14.1. The van der Waals surface area contributed by atoms with Gasteiger partial charge in [-0.05, 0) is 97.3 Å². The van der Waals surface area contributed by atoms with Crippen molar-refractivity contribution in [3.05, 3.63) is 78.1 Å². The maximum absolute atomic E-state index is 14.1. The van der Waals surface area contributed by atoms with Crippen molar-refractivity contribution in [2.24, 2.45) is 23.3 Å². The summed E-state index contributed by atoms with van der Waals surface area (Å²) in [6, 6.07) is 16.3. The Kier molecular flexibility index (Phi) is 8.26. The summed E-state index contributed by atoms with van der Waals surface area (Å²) in [5, 5.41) is 14.1. The number of benzene rings is 2. The number of nitrogens with two attached hydrogens (primary N) is 2. The Bertz CT molecular complexity index is 1430. The van der Waals surface area contributed by atoms with Gasteiger partial charge in [0.25, 0.3) is 0 Å². The predicted octanol–water partition coefficient (Wildman–Crippen LogP) is 3.43. The van der Waals surface area contributed by atoms with Crippen LogP contribution in [0.15, 0.2) is 67.0 Å². The minimum absolute atomic E-state index is 0.0887. The first-order valence-electron chi connectivity index (χ1n) is 13.6. The number of carbonyl (C=O) groups excluding carboxylic acids is 2. The molecule has 1 aliphatic rings. The van der Waals surface area contributed by atoms with Crippen molar-refractivity contribution in [2.45, 2.75) is 45.1 Å². The highest BCUT2D eigenvalue weighted by Gasteiger charge is 2.36. The highest BCUT2D eigenvalue weighted by atomic mass is 16.2. The Balaban J connectivity index is 1.44. The van der Waals surface area contributed by atoms with Gasteiger partial charge in [0.1, 0.15) is 6.04 Å². The molecule has 5 N–H and O–H groups in total. The van der Waals surface area contributed by atoms with E-state index >= 15 is 0 Å². The minimum Gasteiger partial charge on any atom is -0.368 e. The van der Waals surface area contributed by atoms with Gasteiger partial charge in [0.2, 0.25) is 17.6 Å². The number of carbonyl (C=O) groups is 2. The summed E-state index contributed by atoms with van der Waals surface area (Å²) in [7, 11) is 0. The first-order chi connectivity index (χ1) is 19.4. The third kappa shape index (κ3) is 5.91. The molecule has 5 rings (SSSR count). The number of aromatic amines is 1. The highest BCUT2D eigenvalue weighted by molar-refractivity contribution is 6.01. The molecule has 2 heterocycles. The van der Waals surface area contributed by atoms with E-state index in [9.17, 15) is 9.59 Å². The SMILES string of the molecule is Cc1ccncc1-c1ccc(C[C@@H](C(N)=O)N(C(=O)C2CCC(CN)CC2)c2ccc(-c3nn[nH]n3)cc2)cc1. The van der Waals surface area contributed by atoms with Crippen molar-refractivity contribution in [2.75, 3.05) is 11.4 Å². The van der Waals surface area contributed by atoms with Crippen LogP contribution in [0.5, 0.6) is 0 Å². The number of nitrogens with one attached hydrogen (secondary N) is 1. The smallest absolute Gasteiger partial charge is 0.240 e. The summed E-state index contributed by atoms with van der Waals surface area (Å²) >= 11 is 0. The lowest BCUT2D eigenvalue weighted by Crippen LogP contribution is -2.52. The first kappa shape index (κ1) is 27.1. The zero-order valence-electron chi connectivity index (χ0n) is 22.5. The Morgan fingerprint density at radius 3 is 2.30 bits per heavy atom. The molecule has 10 heteroatoms. The molecule has 1 aliphatic carbocycles. The number of hydrogen-bond acceptors (Lipinski definition) is 7. The predicted molar refractivity (Wildman–Crippen MR) is 153 cm³/mol. The fourth-order valence-corrected chi connectivity index (χ4v) is 5.49. The highest BCUT2D eigenvalue weighted by Crippen LogP contribution is 2.33. The van der Waals surface area contributed by atoms with E-state index in [1.807, 2.05) is 55.6 Å². The molecule has 2 aromatic carbocycles. The maximum Gasteiger partial charge on any atom is 0.240 e. The molecule has 1 fully saturated rings. The number of amides is 2. The van der Waals surface area contributed by atoms with Gasteiger partial charge in [0.05, 0.1) is 0 Å². The molecule has 0 spiro atoms. The van der Waals surface area contributed by atoms with Gasteiger partial charge >= 0.3 is 0 Å². The second-order valence-corrected chi connectivity index (χ2v) is 10.5. The molecule has 1 saturated carbocycles. The number of rotatable bonds is 9. The molecular formula is C30H34N8O2. The average Bonchev–Trinajstić information content (AvgIpc) is 3.53. The third-order valence-corrected chi connectivity index (χ3v) is 7.89. The van der Waals surface area contributed by atoms with Gasteiger partial charge in [-0.25, -0.2) is 0 Å². The van der Waals surface area contributed by atoms with Crippen LogP contribution in [0, 0.1) is 18.8 Å². The zero-order valence-corrected chi connectivity index (χ0v) is 22.5. The second kappa shape index (κ2) is 12.2. The fourth-order valence-electron chi connectivity index (χ4n) is 5.49. The normalized spacial score (nSPS) is 17.8. The Morgan fingerprint density at radius 2 is 1.70 bits per heavy atom. The van der Waals surface area contributed by atoms with Crippen molar-refractivity contribution < 1.29 is 9.59 Å². The largest absolute Gasteiger partial charge is 0.368 e. The second-order valence-electron chi connectivity index (χ2n) is 10.5. The van der Waals surface area contributed by atoms with Crippen LogP contribution in [0.1, 0.15) is 36.8 Å². The number of aryl methyl sites for hydroxylation is 1. The monoisotopic (exact) mass is 538 g/mol. The fraction of sp³-hybridized carbons (Fsp3) is 0.333. The van der Waals surface area contributed by atoms with Gasteiger partial charge in [-0.15, -0.1) is 10.2 Å². The summed E-state index contributed by atoms with van der Waals surface area (Å²) in [4.78, 5) is 32.9. The number of anilines is 1. The van der Waals surface area contributed by atoms with E-state index in [1.165, 1.54) is 0 Å². The lowest BCUT2D eigenvalue weighted by Gasteiger charge is -2.35. The zero-order chi connectivity index (χ0) is 28.1. The summed E-state index contributed by atoms with van der Waals surface area (Å²) < 4.78 is 0. The third-order valence-electron chi connectivity index (χ3n) is 7.89. The van der Waals surface area contributed by atoms with E-state index in [0.717, 1.165) is 53.5 Å². The number of primary amides is 1.